The molecule has 1 aromatic heterocycles. The number of ether oxygens (including phenoxy) is 2. The number of methoxy groups -OCH3 is 2. The molecule has 0 unspecified atom stereocenters. The molecule has 1 aromatic carbocycles. The molecule has 22 heavy (non-hydrogen) atoms. The number of carbonyl (C=O) groups is 2. The molecule has 0 atom stereocenters. The molecule has 0 amide bonds. The fourth-order valence-corrected chi connectivity index (χ4v) is 2.47. The van der Waals surface area contributed by atoms with Crippen LogP contribution in [0.4, 0.5) is 5.69 Å². The number of esters is 1. The Morgan fingerprint density at radius 2 is 2.09 bits per heavy atom. The molecule has 0 aliphatic rings. The molecule has 0 bridgehead atoms. The minimum atomic E-state index is -0.601. The zero-order valence-electron chi connectivity index (χ0n) is 12.3. The maximum atomic E-state index is 11.5. The van der Waals surface area contributed by atoms with Crippen LogP contribution in [0, 0.1) is 10.1 Å². The van der Waals surface area contributed by atoms with Crippen molar-refractivity contribution in [3.8, 4) is 5.75 Å². The van der Waals surface area contributed by atoms with Crippen molar-refractivity contribution < 1.29 is 24.0 Å². The Hall–Kier alpha value is -2.90. The van der Waals surface area contributed by atoms with Gasteiger partial charge in [0.1, 0.15) is 0 Å². The molecule has 0 spiro atoms. The van der Waals surface area contributed by atoms with Crippen molar-refractivity contribution in [3.05, 3.63) is 33.5 Å². The lowest BCUT2D eigenvalue weighted by Crippen LogP contribution is -2.09. The summed E-state index contributed by atoms with van der Waals surface area (Å²) in [4.78, 5) is 33.7. The Morgan fingerprint density at radius 3 is 2.59 bits per heavy atom. The van der Waals surface area contributed by atoms with Crippen LogP contribution in [0.5, 0.6) is 5.75 Å². The van der Waals surface area contributed by atoms with Crippen LogP contribution in [0.25, 0.3) is 10.9 Å². The van der Waals surface area contributed by atoms with Gasteiger partial charge in [0, 0.05) is 12.7 Å². The molecule has 2 rings (SSSR count). The molecule has 1 heterocycles. The predicted molar refractivity (Wildman–Crippen MR) is 77.2 cm³/mol. The van der Waals surface area contributed by atoms with Gasteiger partial charge in [0.05, 0.1) is 42.0 Å². The van der Waals surface area contributed by atoms with Crippen molar-refractivity contribution >= 4 is 28.8 Å². The second-order valence-corrected chi connectivity index (χ2v) is 4.56. The standard InChI is InChI=1S/C14H14N2O6/c1-15-9-4-5-11(21-2)14(16(19)20)13(9)8(7-17)10(15)6-12(18)22-3/h4-5,7H,6H2,1-3H3. The van der Waals surface area contributed by atoms with E-state index in [1.54, 1.807) is 17.7 Å². The summed E-state index contributed by atoms with van der Waals surface area (Å²) in [5, 5.41) is 11.5. The van der Waals surface area contributed by atoms with Gasteiger partial charge >= 0.3 is 11.7 Å². The maximum absolute atomic E-state index is 11.5. The lowest BCUT2D eigenvalue weighted by atomic mass is 10.1. The number of carbonyl (C=O) groups excluding carboxylic acids is 2. The Kier molecular flexibility index (Phi) is 4.11. The first-order valence-corrected chi connectivity index (χ1v) is 6.30. The van der Waals surface area contributed by atoms with Crippen molar-refractivity contribution in [1.82, 2.24) is 4.57 Å². The van der Waals surface area contributed by atoms with Crippen molar-refractivity contribution in [3.63, 3.8) is 0 Å². The Labute approximate surface area is 125 Å². The van der Waals surface area contributed by atoms with Gasteiger partial charge < -0.3 is 14.0 Å². The fraction of sp³-hybridized carbons (Fsp3) is 0.286. The molecule has 0 aliphatic heterocycles. The third kappa shape index (κ3) is 2.28. The molecule has 116 valence electrons. The van der Waals surface area contributed by atoms with Gasteiger partial charge in [0.2, 0.25) is 0 Å². The van der Waals surface area contributed by atoms with E-state index in [4.69, 9.17) is 4.74 Å². The summed E-state index contributed by atoms with van der Waals surface area (Å²) in [5.74, 6) is -0.487. The summed E-state index contributed by atoms with van der Waals surface area (Å²) in [6, 6.07) is 3.06. The Balaban J connectivity index is 2.88. The number of aldehydes is 1. The normalized spacial score (nSPS) is 10.5. The second-order valence-electron chi connectivity index (χ2n) is 4.56. The minimum Gasteiger partial charge on any atom is -0.490 e. The highest BCUT2D eigenvalue weighted by atomic mass is 16.6. The smallest absolute Gasteiger partial charge is 0.320 e. The number of nitro groups is 1. The van der Waals surface area contributed by atoms with Gasteiger partial charge in [0.15, 0.2) is 12.0 Å². The van der Waals surface area contributed by atoms with Crippen LogP contribution in [0.1, 0.15) is 16.1 Å². The van der Waals surface area contributed by atoms with Crippen LogP contribution in [-0.4, -0.2) is 36.0 Å². The fourth-order valence-electron chi connectivity index (χ4n) is 2.47. The highest BCUT2D eigenvalue weighted by Gasteiger charge is 2.28. The zero-order chi connectivity index (χ0) is 16.4. The average molecular weight is 306 g/mol. The van der Waals surface area contributed by atoms with E-state index < -0.39 is 10.9 Å². The lowest BCUT2D eigenvalue weighted by Gasteiger charge is -2.04. The summed E-state index contributed by atoms with van der Waals surface area (Å²) in [6.07, 6.45) is 0.349. The summed E-state index contributed by atoms with van der Waals surface area (Å²) >= 11 is 0. The molecule has 0 aliphatic carbocycles. The topological polar surface area (TPSA) is 101 Å². The van der Waals surface area contributed by atoms with Crippen LogP contribution < -0.4 is 4.74 Å². The minimum absolute atomic E-state index is 0.0517. The summed E-state index contributed by atoms with van der Waals surface area (Å²) < 4.78 is 11.2. The third-order valence-electron chi connectivity index (χ3n) is 3.53. The SMILES string of the molecule is COC(=O)Cc1c(C=O)c2c([N+](=O)[O-])c(OC)ccc2n1C. The van der Waals surface area contributed by atoms with Gasteiger partial charge in [-0.2, -0.15) is 0 Å². The average Bonchev–Trinajstić information content (AvgIpc) is 2.78. The van der Waals surface area contributed by atoms with E-state index in [0.717, 1.165) is 0 Å². The Bertz CT molecular complexity index is 777. The van der Waals surface area contributed by atoms with Gasteiger partial charge in [0.25, 0.3) is 0 Å². The largest absolute Gasteiger partial charge is 0.490 e. The second kappa shape index (κ2) is 5.84. The molecule has 0 N–H and O–H groups in total. The molecule has 0 saturated carbocycles. The van der Waals surface area contributed by atoms with Crippen molar-refractivity contribution in [2.24, 2.45) is 7.05 Å². The van der Waals surface area contributed by atoms with E-state index in [9.17, 15) is 19.7 Å². The summed E-state index contributed by atoms with van der Waals surface area (Å²) in [7, 11) is 4.17. The van der Waals surface area contributed by atoms with Crippen molar-refractivity contribution in [2.45, 2.75) is 6.42 Å². The van der Waals surface area contributed by atoms with Crippen LogP contribution in [-0.2, 0) is 23.0 Å². The molecule has 0 radical (unpaired) electrons. The van der Waals surface area contributed by atoms with E-state index >= 15 is 0 Å². The first-order valence-electron chi connectivity index (χ1n) is 6.30. The van der Waals surface area contributed by atoms with E-state index in [1.165, 1.54) is 20.3 Å². The summed E-state index contributed by atoms with van der Waals surface area (Å²) in [6.45, 7) is 0. The lowest BCUT2D eigenvalue weighted by molar-refractivity contribution is -0.383. The van der Waals surface area contributed by atoms with Gasteiger partial charge in [-0.15, -0.1) is 0 Å². The van der Waals surface area contributed by atoms with Gasteiger partial charge in [-0.25, -0.2) is 0 Å². The maximum Gasteiger partial charge on any atom is 0.320 e. The molecular weight excluding hydrogens is 292 g/mol. The molecule has 8 heteroatoms. The molecule has 0 saturated heterocycles. The van der Waals surface area contributed by atoms with Gasteiger partial charge in [-0.05, 0) is 12.1 Å². The van der Waals surface area contributed by atoms with E-state index in [2.05, 4.69) is 4.74 Å². The highest BCUT2D eigenvalue weighted by Crippen LogP contribution is 2.39. The van der Waals surface area contributed by atoms with E-state index in [-0.39, 0.29) is 28.8 Å². The number of nitro benzene ring substituents is 1. The van der Waals surface area contributed by atoms with Crippen LogP contribution in [0.15, 0.2) is 12.1 Å². The van der Waals surface area contributed by atoms with E-state index in [0.29, 0.717) is 17.5 Å². The number of aromatic nitrogens is 1. The number of hydrogen-bond acceptors (Lipinski definition) is 6. The molecule has 8 nitrogen and oxygen atoms in total. The van der Waals surface area contributed by atoms with Crippen molar-refractivity contribution in [1.29, 1.82) is 0 Å². The number of rotatable bonds is 5. The first kappa shape index (κ1) is 15.5. The van der Waals surface area contributed by atoms with Crippen molar-refractivity contribution in [2.75, 3.05) is 14.2 Å². The van der Waals surface area contributed by atoms with Crippen LogP contribution in [0.3, 0.4) is 0 Å². The molecule has 0 fully saturated rings. The number of benzene rings is 1. The zero-order valence-corrected chi connectivity index (χ0v) is 12.3. The predicted octanol–water partition coefficient (Wildman–Crippen LogP) is 1.62. The Morgan fingerprint density at radius 1 is 1.41 bits per heavy atom. The monoisotopic (exact) mass is 306 g/mol. The van der Waals surface area contributed by atoms with Gasteiger partial charge in [-0.1, -0.05) is 0 Å². The number of nitrogens with zero attached hydrogens (tertiary/aromatic N) is 2. The third-order valence-corrected chi connectivity index (χ3v) is 3.53. The first-order chi connectivity index (χ1) is 10.5. The number of aryl methyl sites for hydroxylation is 1. The van der Waals surface area contributed by atoms with Crippen LogP contribution in [0.2, 0.25) is 0 Å². The number of hydrogen-bond donors (Lipinski definition) is 0. The molecular formula is C14H14N2O6. The number of fused-ring (bicyclic) bond motifs is 1. The highest BCUT2D eigenvalue weighted by molar-refractivity contribution is 6.06. The summed E-state index contributed by atoms with van der Waals surface area (Å²) in [5.41, 5.74) is 0.615. The molecule has 2 aromatic rings. The van der Waals surface area contributed by atoms with Gasteiger partial charge in [-0.3, -0.25) is 19.7 Å². The quantitative estimate of drug-likeness (QED) is 0.360. The van der Waals surface area contributed by atoms with E-state index in [1.807, 2.05) is 0 Å². The van der Waals surface area contributed by atoms with Crippen LogP contribution >= 0.6 is 0 Å².